The number of allylic oxidation sites excluding steroid dienone is 1. The van der Waals surface area contributed by atoms with Gasteiger partial charge in [0.2, 0.25) is 0 Å². The van der Waals surface area contributed by atoms with Crippen molar-refractivity contribution in [1.29, 1.82) is 0 Å². The maximum atomic E-state index is 10.2. The highest BCUT2D eigenvalue weighted by Crippen LogP contribution is 2.16. The van der Waals surface area contributed by atoms with Gasteiger partial charge in [0.15, 0.2) is 0 Å². The van der Waals surface area contributed by atoms with Gasteiger partial charge in [-0.2, -0.15) is 0 Å². The fourth-order valence-electron chi connectivity index (χ4n) is 1.36. The van der Waals surface area contributed by atoms with Crippen molar-refractivity contribution < 1.29 is 4.79 Å². The number of rotatable bonds is 3. The lowest BCUT2D eigenvalue weighted by Crippen LogP contribution is -1.83. The summed E-state index contributed by atoms with van der Waals surface area (Å²) in [6.07, 6.45) is 9.01. The first-order chi connectivity index (χ1) is 7.90. The van der Waals surface area contributed by atoms with Crippen LogP contribution in [0.4, 0.5) is 0 Å². The van der Waals surface area contributed by atoms with Crippen LogP contribution in [0.25, 0.3) is 17.3 Å². The van der Waals surface area contributed by atoms with Gasteiger partial charge in [0, 0.05) is 18.0 Å². The zero-order chi connectivity index (χ0) is 11.2. The molecule has 1 aromatic heterocycles. The van der Waals surface area contributed by atoms with Crippen molar-refractivity contribution in [3.63, 3.8) is 0 Å². The molecule has 0 aliphatic rings. The summed E-state index contributed by atoms with van der Waals surface area (Å²) in [6, 6.07) is 7.77. The Labute approximate surface area is 93.5 Å². The molecule has 0 atom stereocenters. The molecule has 0 saturated heterocycles. The standard InChI is InChI=1S/C13H10N2O/c16-9-1-2-11-3-5-12(6-4-11)13-10-14-7-8-15-13/h1-10H/b2-1+. The third-order valence-electron chi connectivity index (χ3n) is 2.14. The summed E-state index contributed by atoms with van der Waals surface area (Å²) >= 11 is 0. The van der Waals surface area contributed by atoms with Gasteiger partial charge in [-0.15, -0.1) is 0 Å². The number of aldehydes is 1. The van der Waals surface area contributed by atoms with Crippen LogP contribution in [0, 0.1) is 0 Å². The van der Waals surface area contributed by atoms with Crippen molar-refractivity contribution in [3.8, 4) is 11.3 Å². The molecule has 0 saturated carbocycles. The predicted molar refractivity (Wildman–Crippen MR) is 62.6 cm³/mol. The Morgan fingerprint density at radius 3 is 2.50 bits per heavy atom. The first kappa shape index (κ1) is 10.2. The van der Waals surface area contributed by atoms with Gasteiger partial charge in [0.1, 0.15) is 6.29 Å². The Balaban J connectivity index is 2.26. The Kier molecular flexibility index (Phi) is 3.18. The maximum absolute atomic E-state index is 10.2. The highest BCUT2D eigenvalue weighted by Gasteiger charge is 1.97. The zero-order valence-electron chi connectivity index (χ0n) is 8.58. The van der Waals surface area contributed by atoms with E-state index in [4.69, 9.17) is 0 Å². The normalized spacial score (nSPS) is 10.5. The number of hydrogen-bond donors (Lipinski definition) is 0. The molecule has 0 radical (unpaired) electrons. The van der Waals surface area contributed by atoms with E-state index in [0.717, 1.165) is 23.1 Å². The maximum Gasteiger partial charge on any atom is 0.142 e. The predicted octanol–water partition coefficient (Wildman–Crippen LogP) is 2.36. The fraction of sp³-hybridized carbons (Fsp3) is 0. The van der Waals surface area contributed by atoms with Crippen LogP contribution in [0.3, 0.4) is 0 Å². The van der Waals surface area contributed by atoms with Gasteiger partial charge in [-0.05, 0) is 11.6 Å². The first-order valence-electron chi connectivity index (χ1n) is 4.88. The van der Waals surface area contributed by atoms with E-state index < -0.39 is 0 Å². The van der Waals surface area contributed by atoms with Crippen molar-refractivity contribution in [2.24, 2.45) is 0 Å². The van der Waals surface area contributed by atoms with Crippen LogP contribution in [-0.2, 0) is 4.79 Å². The highest BCUT2D eigenvalue weighted by molar-refractivity contribution is 5.74. The van der Waals surface area contributed by atoms with Crippen LogP contribution >= 0.6 is 0 Å². The van der Waals surface area contributed by atoms with Crippen LogP contribution in [0.15, 0.2) is 48.9 Å². The average molecular weight is 210 g/mol. The van der Waals surface area contributed by atoms with Crippen molar-refractivity contribution >= 4 is 12.4 Å². The van der Waals surface area contributed by atoms with Crippen LogP contribution in [0.1, 0.15) is 5.56 Å². The van der Waals surface area contributed by atoms with Crippen molar-refractivity contribution in [2.45, 2.75) is 0 Å². The minimum atomic E-state index is 0.760. The molecule has 0 spiro atoms. The number of hydrogen-bond acceptors (Lipinski definition) is 3. The van der Waals surface area contributed by atoms with Gasteiger partial charge in [0.05, 0.1) is 11.9 Å². The molecular weight excluding hydrogens is 200 g/mol. The quantitative estimate of drug-likeness (QED) is 0.577. The first-order valence-corrected chi connectivity index (χ1v) is 4.88. The number of benzene rings is 1. The molecule has 3 heteroatoms. The zero-order valence-corrected chi connectivity index (χ0v) is 8.58. The van der Waals surface area contributed by atoms with Crippen LogP contribution in [-0.4, -0.2) is 16.3 Å². The summed E-state index contributed by atoms with van der Waals surface area (Å²) in [6.45, 7) is 0. The summed E-state index contributed by atoms with van der Waals surface area (Å²) in [4.78, 5) is 18.4. The molecule has 16 heavy (non-hydrogen) atoms. The molecule has 0 amide bonds. The van der Waals surface area contributed by atoms with E-state index in [1.54, 1.807) is 24.7 Å². The Bertz CT molecular complexity index is 489. The summed E-state index contributed by atoms with van der Waals surface area (Å²) in [5.41, 5.74) is 2.84. The van der Waals surface area contributed by atoms with E-state index in [0.29, 0.717) is 0 Å². The Morgan fingerprint density at radius 1 is 1.06 bits per heavy atom. The molecule has 2 rings (SSSR count). The largest absolute Gasteiger partial charge is 0.299 e. The smallest absolute Gasteiger partial charge is 0.142 e. The molecule has 1 aromatic carbocycles. The molecule has 78 valence electrons. The molecular formula is C13H10N2O. The monoisotopic (exact) mass is 210 g/mol. The SMILES string of the molecule is O=C/C=C/c1ccc(-c2cnccn2)cc1. The van der Waals surface area contributed by atoms with Gasteiger partial charge in [-0.25, -0.2) is 0 Å². The van der Waals surface area contributed by atoms with E-state index in [9.17, 15) is 4.79 Å². The molecule has 1 heterocycles. The van der Waals surface area contributed by atoms with Crippen molar-refractivity contribution in [1.82, 2.24) is 9.97 Å². The lowest BCUT2D eigenvalue weighted by molar-refractivity contribution is -0.104. The van der Waals surface area contributed by atoms with Gasteiger partial charge in [0.25, 0.3) is 0 Å². The molecule has 0 N–H and O–H groups in total. The third kappa shape index (κ3) is 2.39. The molecule has 2 aromatic rings. The Hall–Kier alpha value is -2.29. The second kappa shape index (κ2) is 4.98. The lowest BCUT2D eigenvalue weighted by Gasteiger charge is -1.99. The number of aromatic nitrogens is 2. The highest BCUT2D eigenvalue weighted by atomic mass is 16.1. The number of carbonyl (C=O) groups excluding carboxylic acids is 1. The second-order valence-electron chi connectivity index (χ2n) is 3.21. The molecule has 0 bridgehead atoms. The molecule has 0 aliphatic heterocycles. The number of carbonyl (C=O) groups is 1. The summed E-state index contributed by atoms with van der Waals surface area (Å²) in [7, 11) is 0. The lowest BCUT2D eigenvalue weighted by atomic mass is 10.1. The van der Waals surface area contributed by atoms with Crippen LogP contribution in [0.2, 0.25) is 0 Å². The van der Waals surface area contributed by atoms with Gasteiger partial charge >= 0.3 is 0 Å². The van der Waals surface area contributed by atoms with Crippen LogP contribution in [0.5, 0.6) is 0 Å². The van der Waals surface area contributed by atoms with Gasteiger partial charge < -0.3 is 0 Å². The average Bonchev–Trinajstić information content (AvgIpc) is 2.38. The Morgan fingerprint density at radius 2 is 1.88 bits per heavy atom. The van der Waals surface area contributed by atoms with Gasteiger partial charge in [-0.3, -0.25) is 14.8 Å². The van der Waals surface area contributed by atoms with Crippen molar-refractivity contribution in [3.05, 3.63) is 54.5 Å². The summed E-state index contributed by atoms with van der Waals surface area (Å²) in [5.74, 6) is 0. The fourth-order valence-corrected chi connectivity index (χ4v) is 1.36. The van der Waals surface area contributed by atoms with E-state index in [-0.39, 0.29) is 0 Å². The van der Waals surface area contributed by atoms with Crippen LogP contribution < -0.4 is 0 Å². The molecule has 0 fully saturated rings. The second-order valence-corrected chi connectivity index (χ2v) is 3.21. The molecule has 3 nitrogen and oxygen atoms in total. The van der Waals surface area contributed by atoms with E-state index in [1.807, 2.05) is 24.3 Å². The molecule has 0 aliphatic carbocycles. The summed E-state index contributed by atoms with van der Waals surface area (Å²) < 4.78 is 0. The third-order valence-corrected chi connectivity index (χ3v) is 2.14. The van der Waals surface area contributed by atoms with Crippen molar-refractivity contribution in [2.75, 3.05) is 0 Å². The minimum Gasteiger partial charge on any atom is -0.299 e. The number of nitrogens with zero attached hydrogens (tertiary/aromatic N) is 2. The van der Waals surface area contributed by atoms with E-state index >= 15 is 0 Å². The minimum absolute atomic E-state index is 0.760. The van der Waals surface area contributed by atoms with E-state index in [2.05, 4.69) is 9.97 Å². The van der Waals surface area contributed by atoms with Gasteiger partial charge in [-0.1, -0.05) is 30.3 Å². The summed E-state index contributed by atoms with van der Waals surface area (Å²) in [5, 5.41) is 0. The topological polar surface area (TPSA) is 42.9 Å². The molecule has 0 unspecified atom stereocenters. The van der Waals surface area contributed by atoms with E-state index in [1.165, 1.54) is 6.08 Å².